The number of carbonyl (C=O) groups is 2. The van der Waals surface area contributed by atoms with Gasteiger partial charge in [0.15, 0.2) is 11.5 Å². The normalized spacial score (nSPS) is 13.9. The molecule has 0 atom stereocenters. The second kappa shape index (κ2) is 13.8. The summed E-state index contributed by atoms with van der Waals surface area (Å²) in [5, 5.41) is 0. The predicted octanol–water partition coefficient (Wildman–Crippen LogP) is 5.22. The Morgan fingerprint density at radius 1 is 1.03 bits per heavy atom. The van der Waals surface area contributed by atoms with Gasteiger partial charge >= 0.3 is 0 Å². The summed E-state index contributed by atoms with van der Waals surface area (Å²) in [6, 6.07) is 9.67. The quantitative estimate of drug-likeness (QED) is 0.390. The van der Waals surface area contributed by atoms with Crippen molar-refractivity contribution in [2.24, 2.45) is 0 Å². The van der Waals surface area contributed by atoms with Gasteiger partial charge in [0.2, 0.25) is 11.8 Å². The van der Waals surface area contributed by atoms with Crippen molar-refractivity contribution >= 4 is 11.8 Å². The molecule has 0 bridgehead atoms. The molecule has 3 rings (SSSR count). The van der Waals surface area contributed by atoms with Gasteiger partial charge in [0, 0.05) is 19.0 Å². The molecule has 1 heterocycles. The molecule has 1 saturated carbocycles. The fourth-order valence-electron chi connectivity index (χ4n) is 4.71. The van der Waals surface area contributed by atoms with E-state index in [4.69, 9.17) is 13.9 Å². The number of carbonyl (C=O) groups excluding carboxylic acids is 2. The van der Waals surface area contributed by atoms with E-state index in [-0.39, 0.29) is 24.4 Å². The summed E-state index contributed by atoms with van der Waals surface area (Å²) >= 11 is 0. The van der Waals surface area contributed by atoms with Crippen molar-refractivity contribution < 1.29 is 23.5 Å². The second-order valence-corrected chi connectivity index (χ2v) is 9.25. The van der Waals surface area contributed by atoms with E-state index in [1.54, 1.807) is 25.4 Å². The Morgan fingerprint density at radius 3 is 2.46 bits per heavy atom. The maximum atomic E-state index is 13.6. The predicted molar refractivity (Wildman–Crippen MR) is 135 cm³/mol. The molecule has 0 saturated heterocycles. The van der Waals surface area contributed by atoms with Gasteiger partial charge < -0.3 is 23.7 Å². The molecule has 1 aliphatic carbocycles. The first-order chi connectivity index (χ1) is 17.0. The van der Waals surface area contributed by atoms with Crippen molar-refractivity contribution in [1.82, 2.24) is 9.80 Å². The lowest BCUT2D eigenvalue weighted by atomic mass is 9.93. The highest BCUT2D eigenvalue weighted by atomic mass is 16.5. The number of benzene rings is 1. The number of nitrogens with zero attached hydrogens (tertiary/aromatic N) is 2. The molecule has 192 valence electrons. The minimum atomic E-state index is -0.0442. The standard InChI is InChI=1S/C28H40N2O5/c1-4-5-13-27(31)30(23-10-7-6-8-11-23)21-28(32)29(20-24-12-9-18-35-24)17-16-22-14-15-25(33-2)26(19-22)34-3/h9,12,14-15,18-19,23H,4-8,10-11,13,16-17,20-21H2,1-3H3. The van der Waals surface area contributed by atoms with Gasteiger partial charge in [0.25, 0.3) is 0 Å². The zero-order chi connectivity index (χ0) is 25.0. The number of amides is 2. The maximum absolute atomic E-state index is 13.6. The van der Waals surface area contributed by atoms with Crippen molar-refractivity contribution in [2.75, 3.05) is 27.3 Å². The molecule has 2 aromatic rings. The van der Waals surface area contributed by atoms with Crippen LogP contribution in [0.3, 0.4) is 0 Å². The minimum Gasteiger partial charge on any atom is -0.493 e. The summed E-state index contributed by atoms with van der Waals surface area (Å²) in [5.41, 5.74) is 1.04. The third-order valence-electron chi connectivity index (χ3n) is 6.78. The third kappa shape index (κ3) is 7.77. The molecule has 0 spiro atoms. The summed E-state index contributed by atoms with van der Waals surface area (Å²) in [6.07, 6.45) is 10.00. The topological polar surface area (TPSA) is 72.2 Å². The lowest BCUT2D eigenvalue weighted by molar-refractivity contribution is -0.143. The second-order valence-electron chi connectivity index (χ2n) is 9.25. The van der Waals surface area contributed by atoms with Crippen molar-refractivity contribution in [1.29, 1.82) is 0 Å². The number of unbranched alkanes of at least 4 members (excludes halogenated alkanes) is 1. The number of hydrogen-bond donors (Lipinski definition) is 0. The number of methoxy groups -OCH3 is 2. The zero-order valence-corrected chi connectivity index (χ0v) is 21.5. The summed E-state index contributed by atoms with van der Waals surface area (Å²) in [4.78, 5) is 30.4. The Kier molecular flexibility index (Phi) is 10.5. The van der Waals surface area contributed by atoms with Gasteiger partial charge in [-0.05, 0) is 55.5 Å². The van der Waals surface area contributed by atoms with E-state index in [0.29, 0.717) is 37.4 Å². The lowest BCUT2D eigenvalue weighted by Crippen LogP contribution is -2.48. The number of furan rings is 1. The number of hydrogen-bond acceptors (Lipinski definition) is 5. The molecule has 0 unspecified atom stereocenters. The first-order valence-electron chi connectivity index (χ1n) is 12.9. The van der Waals surface area contributed by atoms with Crippen molar-refractivity contribution in [3.05, 3.63) is 47.9 Å². The average molecular weight is 485 g/mol. The largest absolute Gasteiger partial charge is 0.493 e. The van der Waals surface area contributed by atoms with Crippen LogP contribution in [-0.4, -0.2) is 55.0 Å². The summed E-state index contributed by atoms with van der Waals surface area (Å²) in [6.45, 7) is 3.10. The summed E-state index contributed by atoms with van der Waals surface area (Å²) in [7, 11) is 3.23. The van der Waals surface area contributed by atoms with Crippen LogP contribution < -0.4 is 9.47 Å². The summed E-state index contributed by atoms with van der Waals surface area (Å²) in [5.74, 6) is 2.13. The van der Waals surface area contributed by atoms with Crippen LogP contribution >= 0.6 is 0 Å². The molecule has 7 heteroatoms. The fraction of sp³-hybridized carbons (Fsp3) is 0.571. The van der Waals surface area contributed by atoms with Gasteiger partial charge in [-0.2, -0.15) is 0 Å². The molecule has 1 aromatic heterocycles. The monoisotopic (exact) mass is 484 g/mol. The third-order valence-corrected chi connectivity index (χ3v) is 6.78. The Morgan fingerprint density at radius 2 is 1.80 bits per heavy atom. The van der Waals surface area contributed by atoms with E-state index in [1.165, 1.54) is 6.42 Å². The van der Waals surface area contributed by atoms with E-state index in [9.17, 15) is 9.59 Å². The van der Waals surface area contributed by atoms with Crippen LogP contribution in [0.4, 0.5) is 0 Å². The SMILES string of the molecule is CCCCC(=O)N(CC(=O)N(CCc1ccc(OC)c(OC)c1)Cc1ccco1)C1CCCCC1. The first kappa shape index (κ1) is 26.6. The molecule has 7 nitrogen and oxygen atoms in total. The highest BCUT2D eigenvalue weighted by Gasteiger charge is 2.29. The van der Waals surface area contributed by atoms with Crippen LogP contribution in [0.1, 0.15) is 69.6 Å². The van der Waals surface area contributed by atoms with Gasteiger partial charge in [-0.15, -0.1) is 0 Å². The van der Waals surface area contributed by atoms with Gasteiger partial charge in [-0.25, -0.2) is 0 Å². The van der Waals surface area contributed by atoms with E-state index < -0.39 is 0 Å². The molecular weight excluding hydrogens is 444 g/mol. The maximum Gasteiger partial charge on any atom is 0.242 e. The first-order valence-corrected chi connectivity index (χ1v) is 12.9. The van der Waals surface area contributed by atoms with Crippen LogP contribution in [0.2, 0.25) is 0 Å². The Hall–Kier alpha value is -2.96. The van der Waals surface area contributed by atoms with Crippen LogP contribution in [-0.2, 0) is 22.6 Å². The van der Waals surface area contributed by atoms with Gasteiger partial charge in [-0.3, -0.25) is 9.59 Å². The highest BCUT2D eigenvalue weighted by molar-refractivity contribution is 5.85. The molecule has 0 radical (unpaired) electrons. The molecular formula is C28H40N2O5. The van der Waals surface area contributed by atoms with E-state index >= 15 is 0 Å². The molecule has 2 amide bonds. The molecule has 1 aromatic carbocycles. The number of rotatable bonds is 13. The van der Waals surface area contributed by atoms with Gasteiger partial charge in [-0.1, -0.05) is 38.7 Å². The minimum absolute atomic E-state index is 0.0442. The average Bonchev–Trinajstić information content (AvgIpc) is 3.41. The lowest BCUT2D eigenvalue weighted by Gasteiger charge is -2.35. The Bertz CT molecular complexity index is 921. The van der Waals surface area contributed by atoms with Crippen molar-refractivity contribution in [2.45, 2.75) is 77.3 Å². The smallest absolute Gasteiger partial charge is 0.242 e. The van der Waals surface area contributed by atoms with E-state index in [1.807, 2.05) is 35.2 Å². The summed E-state index contributed by atoms with van der Waals surface area (Å²) < 4.78 is 16.3. The molecule has 35 heavy (non-hydrogen) atoms. The van der Waals surface area contributed by atoms with Gasteiger partial charge in [0.05, 0.1) is 27.0 Å². The highest BCUT2D eigenvalue weighted by Crippen LogP contribution is 2.28. The van der Waals surface area contributed by atoms with E-state index in [2.05, 4.69) is 6.92 Å². The molecule has 0 aliphatic heterocycles. The fourth-order valence-corrected chi connectivity index (χ4v) is 4.71. The van der Waals surface area contributed by atoms with E-state index in [0.717, 1.165) is 49.8 Å². The Labute approximate surface area is 209 Å². The van der Waals surface area contributed by atoms with Crippen molar-refractivity contribution in [3.63, 3.8) is 0 Å². The van der Waals surface area contributed by atoms with Crippen LogP contribution in [0.5, 0.6) is 11.5 Å². The van der Waals surface area contributed by atoms with Crippen molar-refractivity contribution in [3.8, 4) is 11.5 Å². The Balaban J connectivity index is 1.74. The van der Waals surface area contributed by atoms with Crippen LogP contribution in [0.25, 0.3) is 0 Å². The molecule has 1 fully saturated rings. The molecule has 1 aliphatic rings. The molecule has 0 N–H and O–H groups in total. The van der Waals surface area contributed by atoms with Gasteiger partial charge in [0.1, 0.15) is 12.3 Å². The number of ether oxygens (including phenoxy) is 2. The van der Waals surface area contributed by atoms with Crippen LogP contribution in [0.15, 0.2) is 41.0 Å². The van der Waals surface area contributed by atoms with Crippen LogP contribution in [0, 0.1) is 0 Å². The zero-order valence-electron chi connectivity index (χ0n) is 21.5.